The van der Waals surface area contributed by atoms with Crippen LogP contribution in [0.3, 0.4) is 0 Å². The molecule has 0 radical (unpaired) electrons. The number of aryl methyl sites for hydroxylation is 1. The van der Waals surface area contributed by atoms with Crippen LogP contribution in [0.4, 0.5) is 0 Å². The first-order valence-electron chi connectivity index (χ1n) is 7.93. The number of aromatic nitrogens is 2. The van der Waals surface area contributed by atoms with Crippen LogP contribution in [0, 0.1) is 16.7 Å². The molecule has 0 spiro atoms. The Morgan fingerprint density at radius 1 is 1.19 bits per heavy atom. The summed E-state index contributed by atoms with van der Waals surface area (Å²) in [5, 5.41) is 16.6. The lowest BCUT2D eigenvalue weighted by atomic mass is 10.0. The maximum absolute atomic E-state index is 10.7. The van der Waals surface area contributed by atoms with E-state index in [1.807, 2.05) is 16.8 Å². The average Bonchev–Trinajstić information content (AvgIpc) is 2.70. The minimum absolute atomic E-state index is 0.204. The van der Waals surface area contributed by atoms with Crippen LogP contribution in [0.25, 0.3) is 10.9 Å². The van der Waals surface area contributed by atoms with Crippen LogP contribution in [-0.4, -0.2) is 21.0 Å². The highest BCUT2D eigenvalue weighted by Crippen LogP contribution is 2.69. The number of benzene rings is 1. The van der Waals surface area contributed by atoms with E-state index in [-0.39, 0.29) is 16.9 Å². The summed E-state index contributed by atoms with van der Waals surface area (Å²) >= 11 is 0. The molecule has 1 aliphatic rings. The third-order valence-electron chi connectivity index (χ3n) is 5.95. The molecule has 1 aliphatic carbocycles. The van der Waals surface area contributed by atoms with Gasteiger partial charge in [0, 0.05) is 18.4 Å². The second-order valence-corrected chi connectivity index (χ2v) is 7.47. The van der Waals surface area contributed by atoms with Gasteiger partial charge < -0.3 is 5.11 Å². The van der Waals surface area contributed by atoms with Crippen LogP contribution in [0.2, 0.25) is 0 Å². The van der Waals surface area contributed by atoms with Gasteiger partial charge in [-0.1, -0.05) is 45.9 Å². The van der Waals surface area contributed by atoms with Crippen LogP contribution < -0.4 is 0 Å². The molecule has 0 aliphatic heterocycles. The normalized spacial score (nSPS) is 21.6. The van der Waals surface area contributed by atoms with Crippen LogP contribution in [0.5, 0.6) is 0 Å². The maximum atomic E-state index is 10.7. The molecule has 2 aromatic rings. The fourth-order valence-corrected chi connectivity index (χ4v) is 4.11. The predicted octanol–water partition coefficient (Wildman–Crippen LogP) is 3.64. The largest absolute Gasteiger partial charge is 0.392 e. The van der Waals surface area contributed by atoms with E-state index in [9.17, 15) is 5.11 Å². The first kappa shape index (κ1) is 14.6. The van der Waals surface area contributed by atoms with E-state index in [4.69, 9.17) is 5.10 Å². The van der Waals surface area contributed by atoms with Gasteiger partial charge in [0.25, 0.3) is 0 Å². The molecule has 3 nitrogen and oxygen atoms in total. The van der Waals surface area contributed by atoms with Crippen molar-refractivity contribution in [3.63, 3.8) is 0 Å². The highest BCUT2D eigenvalue weighted by atomic mass is 16.3. The van der Waals surface area contributed by atoms with E-state index >= 15 is 0 Å². The smallest absolute Gasteiger partial charge is 0.0729 e. The first-order valence-corrected chi connectivity index (χ1v) is 7.93. The van der Waals surface area contributed by atoms with Crippen molar-refractivity contribution >= 4 is 10.9 Å². The molecule has 1 fully saturated rings. The third-order valence-corrected chi connectivity index (χ3v) is 5.95. The van der Waals surface area contributed by atoms with Gasteiger partial charge in [-0.2, -0.15) is 5.10 Å². The van der Waals surface area contributed by atoms with E-state index in [0.717, 1.165) is 17.8 Å². The molecule has 0 amide bonds. The molecule has 1 aromatic carbocycles. The fourth-order valence-electron chi connectivity index (χ4n) is 4.11. The van der Waals surface area contributed by atoms with Crippen molar-refractivity contribution in [2.75, 3.05) is 0 Å². The summed E-state index contributed by atoms with van der Waals surface area (Å²) < 4.78 is 2.03. The minimum atomic E-state index is -0.321. The number of fused-ring (bicyclic) bond motifs is 1. The van der Waals surface area contributed by atoms with Crippen molar-refractivity contribution in [3.8, 4) is 0 Å². The molecule has 0 bridgehead atoms. The number of aliphatic hydroxyl groups excluding tert-OH is 1. The Kier molecular flexibility index (Phi) is 3.17. The zero-order chi connectivity index (χ0) is 15.4. The standard InChI is InChI=1S/C18H26N2O/c1-6-20-14-10-8-7-9-12(14)13(19-20)11-15(21)16-17(2,3)18(16,4)5/h7-10,15-16,21H,6,11H2,1-5H3. The quantitative estimate of drug-likeness (QED) is 0.931. The van der Waals surface area contributed by atoms with Crippen molar-refractivity contribution < 1.29 is 5.11 Å². The molecule has 1 saturated carbocycles. The van der Waals surface area contributed by atoms with E-state index in [2.05, 4.69) is 46.8 Å². The zero-order valence-corrected chi connectivity index (χ0v) is 13.7. The highest BCUT2D eigenvalue weighted by molar-refractivity contribution is 5.82. The van der Waals surface area contributed by atoms with E-state index in [1.165, 1.54) is 5.39 Å². The van der Waals surface area contributed by atoms with Crippen molar-refractivity contribution in [2.45, 2.75) is 53.7 Å². The van der Waals surface area contributed by atoms with Crippen LogP contribution in [0.15, 0.2) is 24.3 Å². The number of nitrogens with zero attached hydrogens (tertiary/aromatic N) is 2. The first-order chi connectivity index (χ1) is 9.80. The minimum Gasteiger partial charge on any atom is -0.392 e. The van der Waals surface area contributed by atoms with Crippen LogP contribution >= 0.6 is 0 Å². The fraction of sp³-hybridized carbons (Fsp3) is 0.611. The Morgan fingerprint density at radius 3 is 2.38 bits per heavy atom. The van der Waals surface area contributed by atoms with Gasteiger partial charge in [-0.3, -0.25) is 4.68 Å². The molecular formula is C18H26N2O. The molecular weight excluding hydrogens is 260 g/mol. The lowest BCUT2D eigenvalue weighted by Crippen LogP contribution is -2.18. The lowest BCUT2D eigenvalue weighted by Gasteiger charge is -2.11. The average molecular weight is 286 g/mol. The molecule has 21 heavy (non-hydrogen) atoms. The summed E-state index contributed by atoms with van der Waals surface area (Å²) in [6.07, 6.45) is 0.323. The second kappa shape index (κ2) is 4.57. The van der Waals surface area contributed by atoms with Gasteiger partial charge in [-0.15, -0.1) is 0 Å². The second-order valence-electron chi connectivity index (χ2n) is 7.47. The summed E-state index contributed by atoms with van der Waals surface area (Å²) in [4.78, 5) is 0. The Bertz CT molecular complexity index is 655. The van der Waals surface area contributed by atoms with Gasteiger partial charge in [-0.05, 0) is 29.7 Å². The van der Waals surface area contributed by atoms with Gasteiger partial charge in [-0.25, -0.2) is 0 Å². The summed E-state index contributed by atoms with van der Waals surface area (Å²) in [5.41, 5.74) is 2.60. The van der Waals surface area contributed by atoms with Gasteiger partial charge in [0.2, 0.25) is 0 Å². The summed E-state index contributed by atoms with van der Waals surface area (Å²) in [7, 11) is 0. The number of hydrogen-bond acceptors (Lipinski definition) is 2. The molecule has 1 aromatic heterocycles. The van der Waals surface area contributed by atoms with Gasteiger partial charge in [0.15, 0.2) is 0 Å². The van der Waals surface area contributed by atoms with E-state index in [0.29, 0.717) is 12.3 Å². The van der Waals surface area contributed by atoms with Gasteiger partial charge >= 0.3 is 0 Å². The Hall–Kier alpha value is -1.35. The molecule has 0 saturated heterocycles. The molecule has 1 heterocycles. The van der Waals surface area contributed by atoms with Crippen molar-refractivity contribution in [3.05, 3.63) is 30.0 Å². The van der Waals surface area contributed by atoms with Crippen molar-refractivity contribution in [1.29, 1.82) is 0 Å². The van der Waals surface area contributed by atoms with E-state index < -0.39 is 0 Å². The predicted molar refractivity (Wildman–Crippen MR) is 86.2 cm³/mol. The Labute approximate surface area is 127 Å². The lowest BCUT2D eigenvalue weighted by molar-refractivity contribution is 0.128. The Morgan fingerprint density at radius 2 is 1.81 bits per heavy atom. The molecule has 1 N–H and O–H groups in total. The summed E-state index contributed by atoms with van der Waals surface area (Å²) in [6.45, 7) is 12.0. The van der Waals surface area contributed by atoms with Crippen molar-refractivity contribution in [1.82, 2.24) is 9.78 Å². The topological polar surface area (TPSA) is 38.0 Å². The van der Waals surface area contributed by atoms with E-state index in [1.54, 1.807) is 0 Å². The molecule has 3 heteroatoms. The number of rotatable bonds is 4. The van der Waals surface area contributed by atoms with Crippen molar-refractivity contribution in [2.24, 2.45) is 16.7 Å². The Balaban J connectivity index is 1.90. The number of para-hydroxylation sites is 1. The molecule has 1 atom stereocenters. The SMILES string of the molecule is CCn1nc(CC(O)C2C(C)(C)C2(C)C)c2ccccc21. The molecule has 3 rings (SSSR count). The van der Waals surface area contributed by atoms with Crippen LogP contribution in [-0.2, 0) is 13.0 Å². The highest BCUT2D eigenvalue weighted by Gasteiger charge is 2.67. The van der Waals surface area contributed by atoms with Gasteiger partial charge in [0.05, 0.1) is 17.3 Å². The monoisotopic (exact) mass is 286 g/mol. The van der Waals surface area contributed by atoms with Gasteiger partial charge in [0.1, 0.15) is 0 Å². The van der Waals surface area contributed by atoms with Crippen LogP contribution in [0.1, 0.15) is 40.3 Å². The zero-order valence-electron chi connectivity index (χ0n) is 13.7. The maximum Gasteiger partial charge on any atom is 0.0729 e. The molecule has 1 unspecified atom stereocenters. The number of hydrogen-bond donors (Lipinski definition) is 1. The number of aliphatic hydroxyl groups is 1. The summed E-state index contributed by atoms with van der Waals surface area (Å²) in [6, 6.07) is 8.31. The summed E-state index contributed by atoms with van der Waals surface area (Å²) in [5.74, 6) is 0.343. The third kappa shape index (κ3) is 2.02. The molecule has 114 valence electrons.